The molecule has 1 aliphatic rings. The molecule has 0 amide bonds. The Morgan fingerprint density at radius 2 is 2.19 bits per heavy atom. The molecule has 1 saturated heterocycles. The van der Waals surface area contributed by atoms with E-state index in [-0.39, 0.29) is 0 Å². The molecule has 3 nitrogen and oxygen atoms in total. The normalized spacial score (nSPS) is 18.2. The van der Waals surface area contributed by atoms with E-state index in [1.165, 1.54) is 24.3 Å². The second kappa shape index (κ2) is 5.36. The highest BCUT2D eigenvalue weighted by atomic mass is 32.2. The lowest BCUT2D eigenvalue weighted by Gasteiger charge is -2.21. The van der Waals surface area contributed by atoms with E-state index in [1.54, 1.807) is 0 Å². The van der Waals surface area contributed by atoms with Gasteiger partial charge in [0.15, 0.2) is 4.77 Å². The summed E-state index contributed by atoms with van der Waals surface area (Å²) in [6.45, 7) is 4.32. The molecule has 1 aliphatic heterocycles. The van der Waals surface area contributed by atoms with E-state index in [0.717, 1.165) is 22.9 Å². The molecule has 0 unspecified atom stereocenters. The van der Waals surface area contributed by atoms with Crippen LogP contribution < -0.4 is 0 Å². The molecule has 2 rings (SSSR count). The minimum Gasteiger partial charge on any atom is -0.302 e. The Morgan fingerprint density at radius 1 is 1.50 bits per heavy atom. The molecule has 0 spiro atoms. The lowest BCUT2D eigenvalue weighted by atomic mass is 9.98. The molecule has 90 valence electrons. The van der Waals surface area contributed by atoms with Crippen LogP contribution in [-0.4, -0.2) is 26.3 Å². The van der Waals surface area contributed by atoms with E-state index >= 15 is 0 Å². The van der Waals surface area contributed by atoms with Crippen LogP contribution in [0.15, 0.2) is 0 Å². The fraction of sp³-hybridized carbons (Fsp3) is 0.818. The highest BCUT2D eigenvalue weighted by Crippen LogP contribution is 2.26. The van der Waals surface area contributed by atoms with Crippen LogP contribution in [0.1, 0.15) is 38.6 Å². The van der Waals surface area contributed by atoms with Gasteiger partial charge in [-0.2, -0.15) is 16.9 Å². The smallest absolute Gasteiger partial charge is 0.195 e. The molecule has 0 bridgehead atoms. The van der Waals surface area contributed by atoms with E-state index < -0.39 is 0 Å². The number of hydrogen-bond donors (Lipinski definition) is 1. The number of aromatic nitrogens is 3. The molecule has 5 heteroatoms. The predicted molar refractivity (Wildman–Crippen MR) is 71.5 cm³/mol. The molecule has 0 radical (unpaired) electrons. The largest absolute Gasteiger partial charge is 0.302 e. The lowest BCUT2D eigenvalue weighted by Crippen LogP contribution is -2.16. The summed E-state index contributed by atoms with van der Waals surface area (Å²) in [7, 11) is 0. The molecule has 0 aromatic carbocycles. The third kappa shape index (κ3) is 2.69. The van der Waals surface area contributed by atoms with Gasteiger partial charge >= 0.3 is 0 Å². The van der Waals surface area contributed by atoms with Crippen LogP contribution in [0.5, 0.6) is 0 Å². The molecular weight excluding hydrogens is 238 g/mol. The zero-order chi connectivity index (χ0) is 11.5. The van der Waals surface area contributed by atoms with Crippen LogP contribution in [-0.2, 0) is 6.42 Å². The fourth-order valence-electron chi connectivity index (χ4n) is 2.22. The second-order valence-electron chi connectivity index (χ2n) is 4.67. The maximum atomic E-state index is 5.26. The molecule has 1 aromatic rings. The minimum absolute atomic E-state index is 0.402. The van der Waals surface area contributed by atoms with E-state index in [2.05, 4.69) is 40.4 Å². The lowest BCUT2D eigenvalue weighted by molar-refractivity contribution is 0.451. The molecule has 2 heterocycles. The number of aromatic amines is 1. The van der Waals surface area contributed by atoms with Crippen molar-refractivity contribution in [1.82, 2.24) is 14.8 Å². The third-order valence-corrected chi connectivity index (χ3v) is 4.44. The van der Waals surface area contributed by atoms with Crippen molar-refractivity contribution in [3.8, 4) is 0 Å². The highest BCUT2D eigenvalue weighted by molar-refractivity contribution is 7.99. The molecule has 1 N–H and O–H groups in total. The van der Waals surface area contributed by atoms with Gasteiger partial charge in [0.05, 0.1) is 0 Å². The van der Waals surface area contributed by atoms with E-state index in [4.69, 9.17) is 12.2 Å². The Morgan fingerprint density at radius 3 is 2.81 bits per heavy atom. The van der Waals surface area contributed by atoms with Crippen molar-refractivity contribution in [3.05, 3.63) is 10.6 Å². The van der Waals surface area contributed by atoms with Gasteiger partial charge in [-0.1, -0.05) is 0 Å². The summed E-state index contributed by atoms with van der Waals surface area (Å²) >= 11 is 7.33. The summed E-state index contributed by atoms with van der Waals surface area (Å²) < 4.78 is 2.91. The van der Waals surface area contributed by atoms with E-state index in [9.17, 15) is 0 Å². The summed E-state index contributed by atoms with van der Waals surface area (Å²) in [5.41, 5.74) is 0. The van der Waals surface area contributed by atoms with Gasteiger partial charge in [0, 0.05) is 12.5 Å². The van der Waals surface area contributed by atoms with E-state index in [1.807, 2.05) is 0 Å². The first-order valence-corrected chi connectivity index (χ1v) is 7.48. The van der Waals surface area contributed by atoms with Crippen LogP contribution in [0.2, 0.25) is 0 Å². The first kappa shape index (κ1) is 12.2. The Kier molecular flexibility index (Phi) is 4.08. The second-order valence-corrected chi connectivity index (χ2v) is 6.28. The van der Waals surface area contributed by atoms with Gasteiger partial charge in [-0.25, -0.2) is 0 Å². The van der Waals surface area contributed by atoms with Crippen LogP contribution in [0.4, 0.5) is 0 Å². The van der Waals surface area contributed by atoms with Gasteiger partial charge < -0.3 is 4.57 Å². The van der Waals surface area contributed by atoms with Crippen molar-refractivity contribution in [2.75, 3.05) is 11.5 Å². The number of hydrogen-bond acceptors (Lipinski definition) is 3. The summed E-state index contributed by atoms with van der Waals surface area (Å²) in [5, 5.41) is 7.29. The molecule has 1 aromatic heterocycles. The molecule has 16 heavy (non-hydrogen) atoms. The zero-order valence-electron chi connectivity index (χ0n) is 9.90. The molecule has 0 atom stereocenters. The van der Waals surface area contributed by atoms with Crippen molar-refractivity contribution in [2.45, 2.75) is 39.2 Å². The van der Waals surface area contributed by atoms with Crippen molar-refractivity contribution >= 4 is 24.0 Å². The first-order valence-electron chi connectivity index (χ1n) is 5.92. The van der Waals surface area contributed by atoms with E-state index in [0.29, 0.717) is 6.04 Å². The standard InChI is InChI=1S/C11H19N3S2/c1-8(2)14-10(12-13-11(14)15)7-9-3-5-16-6-4-9/h8-9H,3-7H2,1-2H3,(H,13,15). The Bertz CT molecular complexity index is 388. The van der Waals surface area contributed by atoms with Gasteiger partial charge in [-0.15, -0.1) is 0 Å². The van der Waals surface area contributed by atoms with Gasteiger partial charge in [0.1, 0.15) is 5.82 Å². The monoisotopic (exact) mass is 257 g/mol. The highest BCUT2D eigenvalue weighted by Gasteiger charge is 2.18. The van der Waals surface area contributed by atoms with Gasteiger partial charge in [0.25, 0.3) is 0 Å². The Hall–Kier alpha value is -0.290. The maximum absolute atomic E-state index is 5.26. The van der Waals surface area contributed by atoms with Crippen LogP contribution >= 0.6 is 24.0 Å². The van der Waals surface area contributed by atoms with Crippen molar-refractivity contribution in [1.29, 1.82) is 0 Å². The Labute approximate surface area is 106 Å². The molecule has 0 aliphatic carbocycles. The van der Waals surface area contributed by atoms with Gasteiger partial charge in [0.2, 0.25) is 0 Å². The SMILES string of the molecule is CC(C)n1c(CC2CCSCC2)n[nH]c1=S. The average molecular weight is 257 g/mol. The molecule has 0 saturated carbocycles. The van der Waals surface area contributed by atoms with Crippen molar-refractivity contribution in [2.24, 2.45) is 5.92 Å². The first-order chi connectivity index (χ1) is 7.68. The summed E-state index contributed by atoms with van der Waals surface area (Å²) in [6.07, 6.45) is 3.72. The quantitative estimate of drug-likeness (QED) is 0.844. The molecule has 1 fully saturated rings. The number of rotatable bonds is 3. The van der Waals surface area contributed by atoms with Crippen molar-refractivity contribution in [3.63, 3.8) is 0 Å². The predicted octanol–water partition coefficient (Wildman–Crippen LogP) is 3.21. The number of thioether (sulfide) groups is 1. The number of nitrogens with zero attached hydrogens (tertiary/aromatic N) is 2. The summed E-state index contributed by atoms with van der Waals surface area (Å²) in [6, 6.07) is 0.402. The minimum atomic E-state index is 0.402. The van der Waals surface area contributed by atoms with Crippen LogP contribution in [0, 0.1) is 10.7 Å². The van der Waals surface area contributed by atoms with Gasteiger partial charge in [-0.3, -0.25) is 5.10 Å². The average Bonchev–Trinajstić information content (AvgIpc) is 2.61. The fourth-order valence-corrected chi connectivity index (χ4v) is 3.79. The third-order valence-electron chi connectivity index (χ3n) is 3.11. The molecular formula is C11H19N3S2. The maximum Gasteiger partial charge on any atom is 0.195 e. The Balaban J connectivity index is 2.11. The topological polar surface area (TPSA) is 33.6 Å². The van der Waals surface area contributed by atoms with Crippen molar-refractivity contribution < 1.29 is 0 Å². The number of H-pyrrole nitrogens is 1. The van der Waals surface area contributed by atoms with Crippen LogP contribution in [0.25, 0.3) is 0 Å². The summed E-state index contributed by atoms with van der Waals surface area (Å²) in [5.74, 6) is 4.54. The summed E-state index contributed by atoms with van der Waals surface area (Å²) in [4.78, 5) is 0. The zero-order valence-corrected chi connectivity index (χ0v) is 11.5. The van der Waals surface area contributed by atoms with Gasteiger partial charge in [-0.05, 0) is 56.3 Å². The van der Waals surface area contributed by atoms with Crippen LogP contribution in [0.3, 0.4) is 0 Å². The number of nitrogens with one attached hydrogen (secondary N) is 1.